The van der Waals surface area contributed by atoms with E-state index >= 15 is 0 Å². The second-order valence-corrected chi connectivity index (χ2v) is 18.5. The Bertz CT molecular complexity index is 3290. The number of hydrogen-bond acceptors (Lipinski definition) is 3. The molecule has 5 aromatic carbocycles. The van der Waals surface area contributed by atoms with Gasteiger partial charge in [-0.15, -0.1) is 29.1 Å². The van der Waals surface area contributed by atoms with Crippen molar-refractivity contribution < 1.29 is 31.3 Å². The molecule has 0 N–H and O–H groups in total. The number of fused-ring (bicyclic) bond motifs is 4. The fourth-order valence-electron chi connectivity index (χ4n) is 8.40. The number of hydrogen-bond donors (Lipinski definition) is 0. The zero-order valence-electron chi connectivity index (χ0n) is 40.9. The van der Waals surface area contributed by atoms with E-state index < -0.39 is 0 Å². The van der Waals surface area contributed by atoms with Gasteiger partial charge in [0.05, 0.1) is 17.2 Å². The first-order valence-electron chi connectivity index (χ1n) is 23.1. The van der Waals surface area contributed by atoms with Gasteiger partial charge in [-0.3, -0.25) is 4.98 Å². The van der Waals surface area contributed by atoms with E-state index in [2.05, 4.69) is 133 Å². The molecule has 8 aromatic rings. The van der Waals surface area contributed by atoms with Gasteiger partial charge >= 0.3 is 27.1 Å². The Morgan fingerprint density at radius 1 is 0.710 bits per heavy atom. The van der Waals surface area contributed by atoms with E-state index in [4.69, 9.17) is 12.5 Å². The fraction of sp³-hybridized carbons (Fsp3) is 0.255. The van der Waals surface area contributed by atoms with Crippen molar-refractivity contribution in [2.75, 3.05) is 0 Å². The molecule has 4 heterocycles. The van der Waals surface area contributed by atoms with Crippen LogP contribution >= 0.6 is 0 Å². The van der Waals surface area contributed by atoms with Crippen molar-refractivity contribution in [2.24, 2.45) is 0 Å². The van der Waals surface area contributed by atoms with Crippen molar-refractivity contribution in [3.05, 3.63) is 162 Å². The van der Waals surface area contributed by atoms with Gasteiger partial charge in [0.15, 0.2) is 0 Å². The summed E-state index contributed by atoms with van der Waals surface area (Å²) in [5.41, 5.74) is 9.61. The van der Waals surface area contributed by atoms with E-state index in [0.29, 0.717) is 22.9 Å². The van der Waals surface area contributed by atoms with Crippen LogP contribution in [0.3, 0.4) is 0 Å². The molecule has 6 nitrogen and oxygen atoms in total. The Morgan fingerprint density at radius 2 is 1.42 bits per heavy atom. The maximum atomic E-state index is 9.35. The monoisotopic (exact) mass is 998 g/mol. The number of aromatic nitrogens is 3. The summed E-state index contributed by atoms with van der Waals surface area (Å²) >= 11 is 0. The molecule has 0 spiro atoms. The van der Waals surface area contributed by atoms with E-state index in [-0.39, 0.29) is 73.6 Å². The molecular weight excluding hydrogens is 942 g/mol. The van der Waals surface area contributed by atoms with Gasteiger partial charge in [-0.05, 0) is 73.1 Å². The van der Waals surface area contributed by atoms with Gasteiger partial charge in [-0.25, -0.2) is 4.98 Å². The Hall–Kier alpha value is -5.93. The van der Waals surface area contributed by atoms with Crippen LogP contribution in [0.15, 0.2) is 128 Å². The third-order valence-corrected chi connectivity index (χ3v) is 11.5. The van der Waals surface area contributed by atoms with Crippen molar-refractivity contribution in [1.82, 2.24) is 23.7 Å². The van der Waals surface area contributed by atoms with E-state index in [1.54, 1.807) is 15.3 Å². The number of para-hydroxylation sites is 3. The molecule has 0 fully saturated rings. The number of ether oxygens (including phenoxy) is 1. The molecule has 0 aliphatic carbocycles. The minimum Gasteiger partial charge on any atom is -0.509 e. The van der Waals surface area contributed by atoms with E-state index in [0.717, 1.165) is 55.6 Å². The van der Waals surface area contributed by atoms with Crippen LogP contribution < -0.4 is 13.9 Å². The molecule has 0 radical (unpaired) electrons. The molecule has 1 aliphatic heterocycles. The SMILES string of the molecule is [2H]c1c([2H])c([2H])c2c(c1[2H])[N+](c1[c-]c(Oc3[c-]c4c(cc3)c3ccncc3n4-c3cc(C(C)(C)C)ccn3)cc(-c3c(C(C)C)cccc3C(C)C)c1)=C=[N+]2c1ccccc1C(C)(C)C.[Pt+2]. The number of rotatable bonds is 8. The first kappa shape index (κ1) is 37.8. The first-order valence-corrected chi connectivity index (χ1v) is 21.1. The summed E-state index contributed by atoms with van der Waals surface area (Å²) in [7, 11) is 0. The Morgan fingerprint density at radius 3 is 2.11 bits per heavy atom. The first-order chi connectivity index (χ1) is 30.8. The van der Waals surface area contributed by atoms with Gasteiger partial charge in [0, 0.05) is 47.6 Å². The molecule has 312 valence electrons. The molecule has 0 saturated heterocycles. The largest absolute Gasteiger partial charge is 2.00 e. The quantitative estimate of drug-likeness (QED) is 0.113. The molecule has 0 bridgehead atoms. The van der Waals surface area contributed by atoms with Crippen LogP contribution in [0.5, 0.6) is 11.5 Å². The topological polar surface area (TPSA) is 46.0 Å². The standard InChI is InChI=1S/C55H53N5O.Pt/c1-35(2)42-16-15-17-43(36(3)4)53(42)37-28-39(58-34-59(49-21-14-13-20-48(49)58)47-19-12-11-18-46(47)55(8,9)10)31-41(29-37)61-40-22-23-44-45-25-26-56-33-51(45)60(50(44)32-40)52-30-38(24-27-57-52)54(5,6)7;/h11-30,33,35-36H,1-10H3;/q;+2/i13D,14D,20D,21D;. The van der Waals surface area contributed by atoms with Crippen molar-refractivity contribution >= 4 is 50.6 Å². The van der Waals surface area contributed by atoms with E-state index in [1.807, 2.05) is 60.9 Å². The molecule has 0 saturated carbocycles. The summed E-state index contributed by atoms with van der Waals surface area (Å²) in [4.78, 5) is 9.34. The predicted octanol–water partition coefficient (Wildman–Crippen LogP) is 14.3. The number of nitrogens with zero attached hydrogens (tertiary/aromatic N) is 5. The molecule has 0 amide bonds. The third-order valence-electron chi connectivity index (χ3n) is 11.5. The van der Waals surface area contributed by atoms with Crippen molar-refractivity contribution in [3.63, 3.8) is 0 Å². The summed E-state index contributed by atoms with van der Waals surface area (Å²) in [5.74, 6) is 2.00. The van der Waals surface area contributed by atoms with Crippen molar-refractivity contribution in [2.45, 2.75) is 91.9 Å². The van der Waals surface area contributed by atoms with Gasteiger partial charge in [-0.1, -0.05) is 140 Å². The van der Waals surface area contributed by atoms with Crippen LogP contribution in [0, 0.1) is 12.1 Å². The smallest absolute Gasteiger partial charge is 0.509 e. The van der Waals surface area contributed by atoms with Gasteiger partial charge < -0.3 is 9.30 Å². The van der Waals surface area contributed by atoms with Gasteiger partial charge in [0.25, 0.3) is 11.4 Å². The van der Waals surface area contributed by atoms with Crippen molar-refractivity contribution in [1.29, 1.82) is 0 Å². The summed E-state index contributed by atoms with van der Waals surface area (Å²) in [5, 5.41) is 2.00. The minimum atomic E-state index is -0.331. The Labute approximate surface area is 386 Å². The fourth-order valence-corrected chi connectivity index (χ4v) is 8.40. The molecule has 62 heavy (non-hydrogen) atoms. The molecule has 0 unspecified atom stereocenters. The second kappa shape index (κ2) is 16.4. The van der Waals surface area contributed by atoms with Gasteiger partial charge in [0.1, 0.15) is 11.5 Å². The van der Waals surface area contributed by atoms with E-state index in [1.165, 1.54) is 11.1 Å². The number of benzene rings is 5. The Kier molecular flexibility index (Phi) is 10.0. The maximum Gasteiger partial charge on any atom is 2.00 e. The van der Waals surface area contributed by atoms with Crippen LogP contribution in [0.25, 0.3) is 38.8 Å². The molecule has 1 aliphatic rings. The zero-order chi connectivity index (χ0) is 46.3. The molecule has 9 rings (SSSR count). The van der Waals surface area contributed by atoms with E-state index in [9.17, 15) is 2.74 Å². The average Bonchev–Trinajstić information content (AvgIpc) is 3.83. The number of pyridine rings is 2. The van der Waals surface area contributed by atoms with Crippen LogP contribution in [0.1, 0.15) is 109 Å². The summed E-state index contributed by atoms with van der Waals surface area (Å²) in [6.45, 7) is 21.7. The summed E-state index contributed by atoms with van der Waals surface area (Å²) in [6.07, 6.45) is 5.50. The zero-order valence-corrected chi connectivity index (χ0v) is 39.2. The predicted molar refractivity (Wildman–Crippen MR) is 252 cm³/mol. The summed E-state index contributed by atoms with van der Waals surface area (Å²) in [6, 6.07) is 38.3. The third kappa shape index (κ3) is 7.76. The second-order valence-electron chi connectivity index (χ2n) is 18.5. The van der Waals surface area contributed by atoms with Gasteiger partial charge in [-0.2, -0.15) is 6.07 Å². The maximum absolute atomic E-state index is 9.35. The summed E-state index contributed by atoms with van der Waals surface area (Å²) < 4.78 is 48.7. The Balaban J connectivity index is 0.00000592. The molecule has 0 atom stereocenters. The normalized spacial score (nSPS) is 13.7. The van der Waals surface area contributed by atoms with Gasteiger partial charge in [0.2, 0.25) is 5.69 Å². The molecule has 7 heteroatoms. The van der Waals surface area contributed by atoms with Crippen LogP contribution in [0.4, 0.5) is 22.7 Å². The van der Waals surface area contributed by atoms with Crippen LogP contribution in [-0.2, 0) is 31.9 Å². The molecule has 3 aromatic heterocycles. The van der Waals surface area contributed by atoms with Crippen LogP contribution in [0.2, 0.25) is 0 Å². The van der Waals surface area contributed by atoms with Crippen LogP contribution in [-0.4, -0.2) is 20.5 Å². The average molecular weight is 999 g/mol. The minimum absolute atomic E-state index is 0. The molecular formula is C55H53N5OPt+2. The van der Waals surface area contributed by atoms with Crippen molar-refractivity contribution in [3.8, 4) is 28.4 Å².